The zero-order valence-corrected chi connectivity index (χ0v) is 13.0. The van der Waals surface area contributed by atoms with E-state index in [1.807, 2.05) is 31.2 Å². The lowest BCUT2D eigenvalue weighted by Gasteiger charge is -2.16. The van der Waals surface area contributed by atoms with Gasteiger partial charge in [-0.25, -0.2) is 14.3 Å². The van der Waals surface area contributed by atoms with Crippen molar-refractivity contribution in [1.29, 1.82) is 0 Å². The molecule has 23 heavy (non-hydrogen) atoms. The van der Waals surface area contributed by atoms with Gasteiger partial charge in [-0.3, -0.25) is 9.36 Å². The second-order valence-corrected chi connectivity index (χ2v) is 6.12. The lowest BCUT2D eigenvalue weighted by molar-refractivity contribution is 0.475. The molecule has 1 aromatic carbocycles. The summed E-state index contributed by atoms with van der Waals surface area (Å²) in [4.78, 5) is 33.0. The average Bonchev–Trinajstić information content (AvgIpc) is 3.20. The summed E-state index contributed by atoms with van der Waals surface area (Å²) in [6.07, 6.45) is 5.34. The molecule has 1 saturated carbocycles. The highest BCUT2D eigenvalue weighted by Gasteiger charge is 2.25. The fourth-order valence-corrected chi connectivity index (χ4v) is 3.54. The molecule has 0 saturated heterocycles. The second kappa shape index (κ2) is 5.22. The number of fused-ring (bicyclic) bond motifs is 1. The van der Waals surface area contributed by atoms with Crippen LogP contribution in [0.2, 0.25) is 0 Å². The van der Waals surface area contributed by atoms with E-state index >= 15 is 0 Å². The van der Waals surface area contributed by atoms with Crippen molar-refractivity contribution in [3.05, 3.63) is 57.0 Å². The van der Waals surface area contributed by atoms with Crippen LogP contribution in [0.4, 0.5) is 0 Å². The van der Waals surface area contributed by atoms with Gasteiger partial charge in [0.25, 0.3) is 5.56 Å². The number of imidazole rings is 1. The summed E-state index contributed by atoms with van der Waals surface area (Å²) in [5.41, 5.74) is 1.95. The number of hydrogen-bond acceptors (Lipinski definition) is 3. The van der Waals surface area contributed by atoms with Gasteiger partial charge in [-0.2, -0.15) is 0 Å². The summed E-state index contributed by atoms with van der Waals surface area (Å²) in [5, 5.41) is 0. The molecule has 0 radical (unpaired) electrons. The van der Waals surface area contributed by atoms with Crippen LogP contribution in [0.3, 0.4) is 0 Å². The van der Waals surface area contributed by atoms with Crippen molar-refractivity contribution in [3.8, 4) is 5.69 Å². The molecule has 4 rings (SSSR count). The second-order valence-electron chi connectivity index (χ2n) is 6.12. The number of rotatable bonds is 2. The largest absolute Gasteiger partial charge is 0.339 e. The molecule has 3 aromatic rings. The van der Waals surface area contributed by atoms with E-state index < -0.39 is 0 Å². The first kappa shape index (κ1) is 14.0. The van der Waals surface area contributed by atoms with E-state index in [-0.39, 0.29) is 17.3 Å². The van der Waals surface area contributed by atoms with Gasteiger partial charge in [0.1, 0.15) is 5.52 Å². The number of aromatic nitrogens is 4. The summed E-state index contributed by atoms with van der Waals surface area (Å²) in [7, 11) is 0. The van der Waals surface area contributed by atoms with Gasteiger partial charge >= 0.3 is 5.69 Å². The lowest BCUT2D eigenvalue weighted by atomic mass is 10.2. The molecular weight excluding hydrogens is 292 g/mol. The molecule has 2 heterocycles. The topological polar surface area (TPSA) is 72.7 Å². The molecule has 1 N–H and O–H groups in total. The highest BCUT2D eigenvalue weighted by molar-refractivity contribution is 5.71. The predicted octanol–water partition coefficient (Wildman–Crippen LogP) is 2.30. The Kier molecular flexibility index (Phi) is 3.18. The van der Waals surface area contributed by atoms with Crippen LogP contribution in [-0.4, -0.2) is 19.1 Å². The Morgan fingerprint density at radius 1 is 1.17 bits per heavy atom. The summed E-state index contributed by atoms with van der Waals surface area (Å²) in [5.74, 6) is 0. The highest BCUT2D eigenvalue weighted by atomic mass is 16.2. The van der Waals surface area contributed by atoms with Gasteiger partial charge in [-0.05, 0) is 31.4 Å². The minimum Gasteiger partial charge on any atom is -0.339 e. The van der Waals surface area contributed by atoms with Crippen LogP contribution in [0.25, 0.3) is 16.9 Å². The Bertz CT molecular complexity index is 990. The number of para-hydroxylation sites is 1. The van der Waals surface area contributed by atoms with E-state index in [2.05, 4.69) is 9.97 Å². The van der Waals surface area contributed by atoms with Crippen molar-refractivity contribution in [2.24, 2.45) is 0 Å². The van der Waals surface area contributed by atoms with E-state index in [4.69, 9.17) is 0 Å². The molecule has 1 aliphatic carbocycles. The number of aromatic amines is 1. The minimum atomic E-state index is -0.296. The van der Waals surface area contributed by atoms with Crippen LogP contribution in [0.15, 0.2) is 40.2 Å². The normalized spacial score (nSPS) is 15.5. The first-order chi connectivity index (χ1) is 11.2. The molecule has 1 aliphatic rings. The molecule has 0 spiro atoms. The fraction of sp³-hybridized carbons (Fsp3) is 0.353. The number of benzene rings is 1. The van der Waals surface area contributed by atoms with Crippen molar-refractivity contribution in [1.82, 2.24) is 19.1 Å². The molecule has 6 heteroatoms. The van der Waals surface area contributed by atoms with Crippen molar-refractivity contribution < 1.29 is 0 Å². The molecule has 0 unspecified atom stereocenters. The third kappa shape index (κ3) is 2.05. The fourth-order valence-electron chi connectivity index (χ4n) is 3.54. The summed E-state index contributed by atoms with van der Waals surface area (Å²) in [6, 6.07) is 7.63. The van der Waals surface area contributed by atoms with Crippen molar-refractivity contribution in [2.45, 2.75) is 38.6 Å². The van der Waals surface area contributed by atoms with E-state index in [0.29, 0.717) is 11.2 Å². The Balaban J connectivity index is 2.12. The molecule has 2 aromatic heterocycles. The summed E-state index contributed by atoms with van der Waals surface area (Å²) in [6.45, 7) is 1.95. The smallest absolute Gasteiger partial charge is 0.337 e. The van der Waals surface area contributed by atoms with Gasteiger partial charge in [0, 0.05) is 6.04 Å². The average molecular weight is 310 g/mol. The molecular formula is C17H18N4O2. The maximum atomic E-state index is 13.1. The van der Waals surface area contributed by atoms with Crippen LogP contribution < -0.4 is 11.2 Å². The van der Waals surface area contributed by atoms with E-state index in [0.717, 1.165) is 36.9 Å². The Morgan fingerprint density at radius 3 is 2.65 bits per heavy atom. The maximum Gasteiger partial charge on any atom is 0.337 e. The van der Waals surface area contributed by atoms with E-state index in [1.165, 1.54) is 10.9 Å². The molecule has 118 valence electrons. The Hall–Kier alpha value is -2.63. The van der Waals surface area contributed by atoms with Crippen LogP contribution in [0.1, 0.15) is 37.3 Å². The van der Waals surface area contributed by atoms with Gasteiger partial charge in [-0.1, -0.05) is 31.0 Å². The SMILES string of the molecule is Cc1ccccc1-n1c(=O)n(C2CCCC2)c(=O)c2[nH]cnc21. The molecule has 0 amide bonds. The maximum absolute atomic E-state index is 13.1. The first-order valence-electron chi connectivity index (χ1n) is 7.95. The minimum absolute atomic E-state index is 0.0158. The number of nitrogens with one attached hydrogen (secondary N) is 1. The third-order valence-corrected chi connectivity index (χ3v) is 4.71. The number of aryl methyl sites for hydroxylation is 1. The predicted molar refractivity (Wildman–Crippen MR) is 88.2 cm³/mol. The monoisotopic (exact) mass is 310 g/mol. The van der Waals surface area contributed by atoms with Crippen molar-refractivity contribution >= 4 is 11.2 Å². The Labute approximate surface area is 132 Å². The highest BCUT2D eigenvalue weighted by Crippen LogP contribution is 2.27. The van der Waals surface area contributed by atoms with Crippen molar-refractivity contribution in [3.63, 3.8) is 0 Å². The zero-order valence-electron chi connectivity index (χ0n) is 13.0. The molecule has 6 nitrogen and oxygen atoms in total. The molecule has 1 fully saturated rings. The first-order valence-corrected chi connectivity index (χ1v) is 7.95. The van der Waals surface area contributed by atoms with E-state index in [9.17, 15) is 9.59 Å². The van der Waals surface area contributed by atoms with Gasteiger partial charge in [0.15, 0.2) is 5.65 Å². The van der Waals surface area contributed by atoms with E-state index in [1.54, 1.807) is 4.57 Å². The number of nitrogens with zero attached hydrogens (tertiary/aromatic N) is 3. The zero-order chi connectivity index (χ0) is 16.0. The van der Waals surface area contributed by atoms with Crippen molar-refractivity contribution in [2.75, 3.05) is 0 Å². The Morgan fingerprint density at radius 2 is 1.91 bits per heavy atom. The molecule has 0 aliphatic heterocycles. The van der Waals surface area contributed by atoms with Gasteiger partial charge in [0.05, 0.1) is 12.0 Å². The van der Waals surface area contributed by atoms with Gasteiger partial charge in [0.2, 0.25) is 0 Å². The number of hydrogen-bond donors (Lipinski definition) is 1. The van der Waals surface area contributed by atoms with Gasteiger partial charge < -0.3 is 4.98 Å². The summed E-state index contributed by atoms with van der Waals surface area (Å²) < 4.78 is 2.97. The lowest BCUT2D eigenvalue weighted by Crippen LogP contribution is -2.41. The third-order valence-electron chi connectivity index (χ3n) is 4.71. The quantitative estimate of drug-likeness (QED) is 0.789. The standard InChI is InChI=1S/C17H18N4O2/c1-11-6-2-5-9-13(11)21-15-14(18-10-19-15)16(22)20(17(21)23)12-7-3-4-8-12/h2,5-6,9-10,12H,3-4,7-8H2,1H3,(H,18,19). The van der Waals surface area contributed by atoms with Crippen LogP contribution >= 0.6 is 0 Å². The van der Waals surface area contributed by atoms with Crippen LogP contribution in [-0.2, 0) is 0 Å². The molecule has 0 bridgehead atoms. The number of H-pyrrole nitrogens is 1. The summed E-state index contributed by atoms with van der Waals surface area (Å²) >= 11 is 0. The van der Waals surface area contributed by atoms with Crippen LogP contribution in [0.5, 0.6) is 0 Å². The molecule has 0 atom stereocenters. The van der Waals surface area contributed by atoms with Crippen LogP contribution in [0, 0.1) is 6.92 Å². The van der Waals surface area contributed by atoms with Gasteiger partial charge in [-0.15, -0.1) is 0 Å².